The third-order valence-electron chi connectivity index (χ3n) is 5.02. The molecule has 1 amide bonds. The molecule has 3 heterocycles. The molecule has 148 valence electrons. The van der Waals surface area contributed by atoms with E-state index in [1.54, 1.807) is 0 Å². The number of aromatic nitrogens is 2. The van der Waals surface area contributed by atoms with Crippen molar-refractivity contribution in [2.24, 2.45) is 5.92 Å². The minimum atomic E-state index is -0.117. The number of carbonyl (C=O) groups excluding carboxylic acids is 1. The molecule has 3 rings (SSSR count). The van der Waals surface area contributed by atoms with Crippen LogP contribution in [0.25, 0.3) is 0 Å². The van der Waals surface area contributed by atoms with E-state index in [-0.39, 0.29) is 29.8 Å². The summed E-state index contributed by atoms with van der Waals surface area (Å²) in [5.74, 6) is 2.09. The Kier molecular flexibility index (Phi) is 7.43. The van der Waals surface area contributed by atoms with Crippen LogP contribution in [0.4, 0.5) is 0 Å². The smallest absolute Gasteiger partial charge is 0.237 e. The number of amides is 1. The Balaban J connectivity index is 0.00000243. The maximum Gasteiger partial charge on any atom is 0.237 e. The summed E-state index contributed by atoms with van der Waals surface area (Å²) in [7, 11) is 0. The number of nitrogens with one attached hydrogen (secondary N) is 2. The Hall–Kier alpha value is -1.18. The van der Waals surface area contributed by atoms with E-state index in [2.05, 4.69) is 46.4 Å². The van der Waals surface area contributed by atoms with Crippen LogP contribution in [0.15, 0.2) is 4.52 Å². The lowest BCUT2D eigenvalue weighted by atomic mass is 9.97. The number of hydrogen-bond acceptors (Lipinski definition) is 6. The number of nitrogens with zero attached hydrogens (tertiary/aromatic N) is 3. The molecule has 7 nitrogen and oxygen atoms in total. The second kappa shape index (κ2) is 9.15. The fourth-order valence-electron chi connectivity index (χ4n) is 3.56. The topological polar surface area (TPSA) is 83.3 Å². The molecule has 0 saturated carbocycles. The standard InChI is InChI=1S/C18H31N5O2.ClH/c1-18(2,3)17-21-15(22-25-17)12-23-9-5-6-13(11-23)10-20-16(24)14-7-4-8-19-14;/h13-14,19H,4-12H2,1-3H3,(H,20,24);1H. The summed E-state index contributed by atoms with van der Waals surface area (Å²) in [6.45, 7) is 10.7. The molecule has 1 aromatic rings. The van der Waals surface area contributed by atoms with E-state index >= 15 is 0 Å². The fraction of sp³-hybridized carbons (Fsp3) is 0.833. The van der Waals surface area contributed by atoms with Crippen molar-refractivity contribution >= 4 is 18.3 Å². The summed E-state index contributed by atoms with van der Waals surface area (Å²) in [5, 5.41) is 10.5. The second-order valence-corrected chi connectivity index (χ2v) is 8.40. The van der Waals surface area contributed by atoms with Gasteiger partial charge in [-0.2, -0.15) is 4.98 Å². The van der Waals surface area contributed by atoms with Crippen LogP contribution in [-0.4, -0.2) is 53.2 Å². The Labute approximate surface area is 162 Å². The lowest BCUT2D eigenvalue weighted by Gasteiger charge is -2.32. The first-order chi connectivity index (χ1) is 11.9. The van der Waals surface area contributed by atoms with E-state index in [0.717, 1.165) is 57.7 Å². The SMILES string of the molecule is CC(C)(C)c1nc(CN2CCCC(CNC(=O)C3CCCN3)C2)no1.Cl. The summed E-state index contributed by atoms with van der Waals surface area (Å²) in [6.07, 6.45) is 4.35. The van der Waals surface area contributed by atoms with Crippen molar-refractivity contribution in [3.8, 4) is 0 Å². The van der Waals surface area contributed by atoms with Gasteiger partial charge in [0, 0.05) is 18.5 Å². The van der Waals surface area contributed by atoms with Crippen LogP contribution in [-0.2, 0) is 16.8 Å². The van der Waals surface area contributed by atoms with Gasteiger partial charge in [0.2, 0.25) is 11.8 Å². The van der Waals surface area contributed by atoms with Crippen LogP contribution in [0.2, 0.25) is 0 Å². The molecule has 1 aromatic heterocycles. The lowest BCUT2D eigenvalue weighted by molar-refractivity contribution is -0.123. The van der Waals surface area contributed by atoms with Crippen molar-refractivity contribution in [2.75, 3.05) is 26.2 Å². The predicted octanol–water partition coefficient (Wildman–Crippen LogP) is 1.87. The Bertz CT molecular complexity index is 580. The van der Waals surface area contributed by atoms with Crippen molar-refractivity contribution < 1.29 is 9.32 Å². The van der Waals surface area contributed by atoms with E-state index in [0.29, 0.717) is 18.4 Å². The maximum absolute atomic E-state index is 12.1. The third kappa shape index (κ3) is 5.66. The molecule has 0 bridgehead atoms. The van der Waals surface area contributed by atoms with Gasteiger partial charge in [-0.15, -0.1) is 12.4 Å². The zero-order valence-corrected chi connectivity index (χ0v) is 16.9. The first-order valence-corrected chi connectivity index (χ1v) is 9.48. The Morgan fingerprint density at radius 2 is 2.15 bits per heavy atom. The zero-order valence-electron chi connectivity index (χ0n) is 16.1. The van der Waals surface area contributed by atoms with E-state index in [9.17, 15) is 4.79 Å². The normalized spacial score (nSPS) is 24.3. The molecule has 0 radical (unpaired) electrons. The summed E-state index contributed by atoms with van der Waals surface area (Å²) in [6, 6.07) is 0.00911. The van der Waals surface area contributed by atoms with Crippen LogP contribution in [0.1, 0.15) is 58.2 Å². The number of piperidine rings is 1. The molecular formula is C18H32ClN5O2. The highest BCUT2D eigenvalue weighted by atomic mass is 35.5. The molecule has 0 spiro atoms. The van der Waals surface area contributed by atoms with Gasteiger partial charge in [-0.3, -0.25) is 9.69 Å². The predicted molar refractivity (Wildman–Crippen MR) is 102 cm³/mol. The van der Waals surface area contributed by atoms with Crippen LogP contribution in [0, 0.1) is 5.92 Å². The van der Waals surface area contributed by atoms with Crippen LogP contribution in [0.3, 0.4) is 0 Å². The molecule has 2 atom stereocenters. The van der Waals surface area contributed by atoms with E-state index in [1.165, 1.54) is 0 Å². The Morgan fingerprint density at radius 3 is 2.81 bits per heavy atom. The largest absolute Gasteiger partial charge is 0.354 e. The molecule has 2 aliphatic heterocycles. The highest BCUT2D eigenvalue weighted by Gasteiger charge is 2.26. The molecule has 26 heavy (non-hydrogen) atoms. The monoisotopic (exact) mass is 385 g/mol. The first-order valence-electron chi connectivity index (χ1n) is 9.48. The number of rotatable bonds is 5. The second-order valence-electron chi connectivity index (χ2n) is 8.40. The van der Waals surface area contributed by atoms with Crippen molar-refractivity contribution in [3.63, 3.8) is 0 Å². The quantitative estimate of drug-likeness (QED) is 0.805. The van der Waals surface area contributed by atoms with E-state index in [1.807, 2.05) is 0 Å². The van der Waals surface area contributed by atoms with Crippen molar-refractivity contribution in [1.29, 1.82) is 0 Å². The van der Waals surface area contributed by atoms with Gasteiger partial charge in [-0.25, -0.2) is 0 Å². The van der Waals surface area contributed by atoms with Gasteiger partial charge in [-0.1, -0.05) is 25.9 Å². The van der Waals surface area contributed by atoms with Gasteiger partial charge >= 0.3 is 0 Å². The summed E-state index contributed by atoms with van der Waals surface area (Å²) < 4.78 is 5.38. The molecule has 2 saturated heterocycles. The summed E-state index contributed by atoms with van der Waals surface area (Å²) >= 11 is 0. The average Bonchev–Trinajstić information content (AvgIpc) is 3.24. The third-order valence-corrected chi connectivity index (χ3v) is 5.02. The van der Waals surface area contributed by atoms with Gasteiger partial charge in [0.15, 0.2) is 5.82 Å². The lowest BCUT2D eigenvalue weighted by Crippen LogP contribution is -2.45. The Morgan fingerprint density at radius 1 is 1.35 bits per heavy atom. The molecule has 0 aromatic carbocycles. The number of carbonyl (C=O) groups is 1. The van der Waals surface area contributed by atoms with Crippen molar-refractivity contribution in [2.45, 2.75) is 64.5 Å². The fourth-order valence-corrected chi connectivity index (χ4v) is 3.56. The van der Waals surface area contributed by atoms with Gasteiger partial charge in [-0.05, 0) is 44.7 Å². The van der Waals surface area contributed by atoms with Crippen LogP contribution >= 0.6 is 12.4 Å². The molecule has 2 aliphatic rings. The molecule has 2 fully saturated rings. The number of halogens is 1. The van der Waals surface area contributed by atoms with Gasteiger partial charge in [0.05, 0.1) is 12.6 Å². The van der Waals surface area contributed by atoms with Crippen LogP contribution in [0.5, 0.6) is 0 Å². The number of likely N-dealkylation sites (tertiary alicyclic amines) is 1. The summed E-state index contributed by atoms with van der Waals surface area (Å²) in [4.78, 5) is 19.0. The van der Waals surface area contributed by atoms with Crippen molar-refractivity contribution in [1.82, 2.24) is 25.7 Å². The van der Waals surface area contributed by atoms with Gasteiger partial charge < -0.3 is 15.2 Å². The highest BCUT2D eigenvalue weighted by Crippen LogP contribution is 2.21. The molecular weight excluding hydrogens is 354 g/mol. The van der Waals surface area contributed by atoms with Gasteiger partial charge in [0.25, 0.3) is 0 Å². The minimum absolute atomic E-state index is 0. The van der Waals surface area contributed by atoms with E-state index < -0.39 is 0 Å². The molecule has 2 unspecified atom stereocenters. The maximum atomic E-state index is 12.1. The minimum Gasteiger partial charge on any atom is -0.354 e. The van der Waals surface area contributed by atoms with Gasteiger partial charge in [0.1, 0.15) is 0 Å². The zero-order chi connectivity index (χ0) is 17.9. The highest BCUT2D eigenvalue weighted by molar-refractivity contribution is 5.85. The molecule has 0 aliphatic carbocycles. The summed E-state index contributed by atoms with van der Waals surface area (Å²) in [5.41, 5.74) is -0.117. The molecule has 8 heteroatoms. The first kappa shape index (κ1) is 21.1. The number of hydrogen-bond donors (Lipinski definition) is 2. The van der Waals surface area contributed by atoms with Crippen LogP contribution < -0.4 is 10.6 Å². The van der Waals surface area contributed by atoms with E-state index in [4.69, 9.17) is 4.52 Å². The molecule has 2 N–H and O–H groups in total. The average molecular weight is 386 g/mol. The van der Waals surface area contributed by atoms with Crippen molar-refractivity contribution in [3.05, 3.63) is 11.7 Å².